The predicted octanol–water partition coefficient (Wildman–Crippen LogP) is 3.79. The van der Waals surface area contributed by atoms with Crippen molar-refractivity contribution in [1.29, 1.82) is 5.26 Å². The van der Waals surface area contributed by atoms with Crippen LogP contribution in [0.25, 0.3) is 0 Å². The fraction of sp³-hybridized carbons (Fsp3) is 0.0526. The van der Waals surface area contributed by atoms with Crippen LogP contribution in [0, 0.1) is 24.1 Å². The molecule has 3 aromatic rings. The average Bonchev–Trinajstić information content (AvgIpc) is 2.64. The van der Waals surface area contributed by atoms with E-state index in [0.29, 0.717) is 22.6 Å². The van der Waals surface area contributed by atoms with E-state index in [-0.39, 0.29) is 17.5 Å². The first-order valence-corrected chi connectivity index (χ1v) is 7.73. The molecule has 0 aliphatic rings. The second-order valence-electron chi connectivity index (χ2n) is 5.49. The Morgan fingerprint density at radius 2 is 1.69 bits per heavy atom. The summed E-state index contributed by atoms with van der Waals surface area (Å²) in [5.41, 5.74) is 2.49. The molecule has 1 amide bonds. The van der Waals surface area contributed by atoms with Gasteiger partial charge in [0, 0.05) is 17.1 Å². The van der Waals surface area contributed by atoms with Crippen molar-refractivity contribution in [3.8, 4) is 6.07 Å². The molecule has 0 saturated heterocycles. The zero-order chi connectivity index (χ0) is 18.5. The van der Waals surface area contributed by atoms with Crippen LogP contribution in [0.2, 0.25) is 0 Å². The van der Waals surface area contributed by atoms with Crippen molar-refractivity contribution in [3.05, 3.63) is 77.4 Å². The van der Waals surface area contributed by atoms with E-state index in [2.05, 4.69) is 20.6 Å². The maximum Gasteiger partial charge on any atom is 0.274 e. The lowest BCUT2D eigenvalue weighted by molar-refractivity contribution is 0.102. The van der Waals surface area contributed by atoms with E-state index in [9.17, 15) is 9.18 Å². The molecule has 0 saturated carbocycles. The Bertz CT molecular complexity index is 978. The first-order valence-electron chi connectivity index (χ1n) is 7.73. The van der Waals surface area contributed by atoms with Crippen molar-refractivity contribution in [3.63, 3.8) is 0 Å². The van der Waals surface area contributed by atoms with Crippen molar-refractivity contribution < 1.29 is 9.18 Å². The fourth-order valence-electron chi connectivity index (χ4n) is 2.23. The minimum atomic E-state index is -0.426. The maximum absolute atomic E-state index is 12.9. The molecule has 0 fully saturated rings. The van der Waals surface area contributed by atoms with E-state index < -0.39 is 5.91 Å². The number of halogens is 1. The van der Waals surface area contributed by atoms with Crippen LogP contribution in [0.4, 0.5) is 21.7 Å². The molecule has 0 spiro atoms. The number of benzene rings is 2. The van der Waals surface area contributed by atoms with Gasteiger partial charge < -0.3 is 10.6 Å². The third-order valence-corrected chi connectivity index (χ3v) is 3.46. The number of hydrogen-bond acceptors (Lipinski definition) is 5. The van der Waals surface area contributed by atoms with Gasteiger partial charge in [0.25, 0.3) is 5.91 Å². The first-order chi connectivity index (χ1) is 12.5. The molecule has 3 rings (SSSR count). The van der Waals surface area contributed by atoms with Crippen LogP contribution >= 0.6 is 0 Å². The van der Waals surface area contributed by atoms with Crippen molar-refractivity contribution >= 4 is 23.2 Å². The number of aryl methyl sites for hydroxylation is 1. The SMILES string of the molecule is Cc1cc(C(=O)Nc2ccc(F)cc2)nc(Nc2ccc(C#N)cc2)n1. The lowest BCUT2D eigenvalue weighted by Crippen LogP contribution is -2.15. The minimum Gasteiger partial charge on any atom is -0.324 e. The van der Waals surface area contributed by atoms with Crippen molar-refractivity contribution in [2.75, 3.05) is 10.6 Å². The van der Waals surface area contributed by atoms with Gasteiger partial charge in [-0.3, -0.25) is 4.79 Å². The highest BCUT2D eigenvalue weighted by atomic mass is 19.1. The number of carbonyl (C=O) groups is 1. The monoisotopic (exact) mass is 347 g/mol. The van der Waals surface area contributed by atoms with Gasteiger partial charge in [-0.1, -0.05) is 0 Å². The van der Waals surface area contributed by atoms with Crippen LogP contribution < -0.4 is 10.6 Å². The Morgan fingerprint density at radius 3 is 2.35 bits per heavy atom. The van der Waals surface area contributed by atoms with E-state index in [1.165, 1.54) is 24.3 Å². The second kappa shape index (κ2) is 7.40. The summed E-state index contributed by atoms with van der Waals surface area (Å²) in [7, 11) is 0. The van der Waals surface area contributed by atoms with Gasteiger partial charge in [0.05, 0.1) is 11.6 Å². The number of aromatic nitrogens is 2. The predicted molar refractivity (Wildman–Crippen MR) is 95.6 cm³/mol. The topological polar surface area (TPSA) is 90.7 Å². The number of anilines is 3. The molecule has 0 aliphatic carbocycles. The summed E-state index contributed by atoms with van der Waals surface area (Å²) in [5.74, 6) is -0.543. The summed E-state index contributed by atoms with van der Waals surface area (Å²) >= 11 is 0. The Labute approximate surface area is 149 Å². The van der Waals surface area contributed by atoms with E-state index in [1.807, 2.05) is 6.07 Å². The molecular weight excluding hydrogens is 333 g/mol. The Morgan fingerprint density at radius 1 is 1.04 bits per heavy atom. The van der Waals surface area contributed by atoms with Crippen molar-refractivity contribution in [2.24, 2.45) is 0 Å². The van der Waals surface area contributed by atoms with Gasteiger partial charge in [0.2, 0.25) is 5.95 Å². The zero-order valence-electron chi connectivity index (χ0n) is 13.8. The van der Waals surface area contributed by atoms with Gasteiger partial charge >= 0.3 is 0 Å². The van der Waals surface area contributed by atoms with Crippen LogP contribution in [0.5, 0.6) is 0 Å². The van der Waals surface area contributed by atoms with Crippen LogP contribution in [-0.4, -0.2) is 15.9 Å². The molecule has 0 atom stereocenters. The van der Waals surface area contributed by atoms with Crippen LogP contribution in [0.3, 0.4) is 0 Å². The van der Waals surface area contributed by atoms with E-state index >= 15 is 0 Å². The average molecular weight is 347 g/mol. The van der Waals surface area contributed by atoms with E-state index in [4.69, 9.17) is 5.26 Å². The third-order valence-electron chi connectivity index (χ3n) is 3.46. The number of amides is 1. The van der Waals surface area contributed by atoms with Crippen molar-refractivity contribution in [2.45, 2.75) is 6.92 Å². The minimum absolute atomic E-state index is 0.179. The maximum atomic E-state index is 12.9. The smallest absolute Gasteiger partial charge is 0.274 e. The fourth-order valence-corrected chi connectivity index (χ4v) is 2.23. The Balaban J connectivity index is 1.79. The first kappa shape index (κ1) is 17.0. The largest absolute Gasteiger partial charge is 0.324 e. The zero-order valence-corrected chi connectivity index (χ0v) is 13.8. The molecule has 1 aromatic heterocycles. The Kier molecular flexibility index (Phi) is 4.85. The molecular formula is C19H14FN5O. The van der Waals surface area contributed by atoms with Gasteiger partial charge in [0.1, 0.15) is 11.5 Å². The molecule has 7 heteroatoms. The lowest BCUT2D eigenvalue weighted by Gasteiger charge is -2.09. The molecule has 0 aliphatic heterocycles. The molecule has 6 nitrogen and oxygen atoms in total. The highest BCUT2D eigenvalue weighted by molar-refractivity contribution is 6.03. The number of rotatable bonds is 4. The van der Waals surface area contributed by atoms with Crippen molar-refractivity contribution in [1.82, 2.24) is 9.97 Å². The number of nitriles is 1. The van der Waals surface area contributed by atoms with Crippen LogP contribution in [0.15, 0.2) is 54.6 Å². The molecule has 2 N–H and O–H groups in total. The quantitative estimate of drug-likeness (QED) is 0.749. The molecule has 2 aromatic carbocycles. The molecule has 128 valence electrons. The molecule has 1 heterocycles. The van der Waals surface area contributed by atoms with E-state index in [1.54, 1.807) is 37.3 Å². The summed E-state index contributed by atoms with van der Waals surface area (Å²) in [6, 6.07) is 15.8. The van der Waals surface area contributed by atoms with Gasteiger partial charge in [-0.2, -0.15) is 5.26 Å². The third kappa shape index (κ3) is 4.19. The highest BCUT2D eigenvalue weighted by Crippen LogP contribution is 2.16. The van der Waals surface area contributed by atoms with Gasteiger partial charge in [-0.25, -0.2) is 14.4 Å². The number of hydrogen-bond donors (Lipinski definition) is 2. The number of nitrogens with one attached hydrogen (secondary N) is 2. The van der Waals surface area contributed by atoms with Gasteiger partial charge in [-0.15, -0.1) is 0 Å². The summed E-state index contributed by atoms with van der Waals surface area (Å²) < 4.78 is 12.9. The number of nitrogens with zero attached hydrogens (tertiary/aromatic N) is 3. The highest BCUT2D eigenvalue weighted by Gasteiger charge is 2.11. The standard InChI is InChI=1S/C19H14FN5O/c1-12-10-17(18(26)23-15-8-4-14(20)5-9-15)25-19(22-12)24-16-6-2-13(11-21)3-7-16/h2-10H,1H3,(H,23,26)(H,22,24,25). The molecule has 0 radical (unpaired) electrons. The van der Waals surface area contributed by atoms with E-state index in [0.717, 1.165) is 0 Å². The normalized spacial score (nSPS) is 10.0. The summed E-state index contributed by atoms with van der Waals surface area (Å²) in [4.78, 5) is 20.8. The molecule has 26 heavy (non-hydrogen) atoms. The van der Waals surface area contributed by atoms with Crippen LogP contribution in [-0.2, 0) is 0 Å². The molecule has 0 unspecified atom stereocenters. The van der Waals surface area contributed by atoms with Crippen LogP contribution in [0.1, 0.15) is 21.7 Å². The molecule has 0 bridgehead atoms. The number of carbonyl (C=O) groups excluding carboxylic acids is 1. The summed E-state index contributed by atoms with van der Waals surface area (Å²) in [6.07, 6.45) is 0. The Hall–Kier alpha value is -3.79. The van der Waals surface area contributed by atoms with Gasteiger partial charge in [0.15, 0.2) is 0 Å². The van der Waals surface area contributed by atoms with Gasteiger partial charge in [-0.05, 0) is 61.5 Å². The lowest BCUT2D eigenvalue weighted by atomic mass is 10.2. The second-order valence-corrected chi connectivity index (χ2v) is 5.49. The summed E-state index contributed by atoms with van der Waals surface area (Å²) in [5, 5.41) is 14.5. The summed E-state index contributed by atoms with van der Waals surface area (Å²) in [6.45, 7) is 1.75.